The Morgan fingerprint density at radius 1 is 1.40 bits per heavy atom. The van der Waals surface area contributed by atoms with E-state index in [0.717, 1.165) is 6.42 Å². The quantitative estimate of drug-likeness (QED) is 0.832. The van der Waals surface area contributed by atoms with Gasteiger partial charge in [0.1, 0.15) is 6.04 Å². The number of nitrogens with one attached hydrogen (secondary N) is 1. The van der Waals surface area contributed by atoms with Crippen molar-refractivity contribution in [3.63, 3.8) is 0 Å². The molecule has 2 amide bonds. The first kappa shape index (κ1) is 13.9. The first-order valence-electron chi connectivity index (χ1n) is 6.31. The minimum Gasteiger partial charge on any atom is -0.467 e. The second-order valence-corrected chi connectivity index (χ2v) is 4.49. The summed E-state index contributed by atoms with van der Waals surface area (Å²) < 4.78 is 4.70. The first-order valence-corrected chi connectivity index (χ1v) is 6.31. The molecule has 104 valence electrons. The molecule has 1 fully saturated rings. The fourth-order valence-corrected chi connectivity index (χ4v) is 2.21. The summed E-state index contributed by atoms with van der Waals surface area (Å²) in [4.78, 5) is 25.2. The van der Waals surface area contributed by atoms with Gasteiger partial charge in [-0.1, -0.05) is 0 Å². The number of carbonyl (C=O) groups is 2. The van der Waals surface area contributed by atoms with Gasteiger partial charge in [0, 0.05) is 12.2 Å². The first-order chi connectivity index (χ1) is 9.65. The number of carbonyl (C=O) groups excluding carboxylic acids is 2. The van der Waals surface area contributed by atoms with Gasteiger partial charge in [-0.2, -0.15) is 5.26 Å². The molecule has 6 nitrogen and oxygen atoms in total. The van der Waals surface area contributed by atoms with Crippen LogP contribution in [0.1, 0.15) is 18.4 Å². The predicted molar refractivity (Wildman–Crippen MR) is 71.9 cm³/mol. The highest BCUT2D eigenvalue weighted by molar-refractivity contribution is 5.93. The number of hydrogen-bond donors (Lipinski definition) is 1. The van der Waals surface area contributed by atoms with Gasteiger partial charge >= 0.3 is 12.0 Å². The number of urea groups is 1. The second-order valence-electron chi connectivity index (χ2n) is 4.49. The van der Waals surface area contributed by atoms with Gasteiger partial charge < -0.3 is 15.0 Å². The van der Waals surface area contributed by atoms with E-state index in [1.807, 2.05) is 6.07 Å². The van der Waals surface area contributed by atoms with Crippen molar-refractivity contribution in [2.24, 2.45) is 0 Å². The van der Waals surface area contributed by atoms with Crippen LogP contribution in [0, 0.1) is 11.3 Å². The van der Waals surface area contributed by atoms with Gasteiger partial charge in [0.15, 0.2) is 0 Å². The Morgan fingerprint density at radius 3 is 2.70 bits per heavy atom. The van der Waals surface area contributed by atoms with Crippen LogP contribution in [0.5, 0.6) is 0 Å². The van der Waals surface area contributed by atoms with Crippen LogP contribution < -0.4 is 5.32 Å². The molecule has 0 radical (unpaired) electrons. The molecule has 0 bridgehead atoms. The van der Waals surface area contributed by atoms with Gasteiger partial charge in [-0.05, 0) is 37.1 Å². The largest absolute Gasteiger partial charge is 0.467 e. The summed E-state index contributed by atoms with van der Waals surface area (Å²) >= 11 is 0. The molecule has 1 aliphatic heterocycles. The summed E-state index contributed by atoms with van der Waals surface area (Å²) in [5.74, 6) is -0.391. The summed E-state index contributed by atoms with van der Waals surface area (Å²) in [6.45, 7) is 0.530. The maximum atomic E-state index is 12.1. The standard InChI is InChI=1S/C14H15N3O3/c1-20-13(18)12-3-2-8-17(12)14(19)16-11-6-4-10(9-15)5-7-11/h4-7,12H,2-3,8H2,1H3,(H,16,19). The average molecular weight is 273 g/mol. The SMILES string of the molecule is COC(=O)C1CCCN1C(=O)Nc1ccc(C#N)cc1. The van der Waals surface area contributed by atoms with Crippen molar-refractivity contribution in [3.8, 4) is 6.07 Å². The number of ether oxygens (including phenoxy) is 1. The van der Waals surface area contributed by atoms with Crippen molar-refractivity contribution in [2.75, 3.05) is 19.0 Å². The highest BCUT2D eigenvalue weighted by Crippen LogP contribution is 2.20. The molecule has 2 rings (SSSR count). The molecule has 1 unspecified atom stereocenters. The van der Waals surface area contributed by atoms with Gasteiger partial charge in [0.05, 0.1) is 18.7 Å². The Balaban J connectivity index is 2.03. The van der Waals surface area contributed by atoms with E-state index in [1.165, 1.54) is 12.0 Å². The number of esters is 1. The van der Waals surface area contributed by atoms with Gasteiger partial charge in [0.2, 0.25) is 0 Å². The number of rotatable bonds is 2. The van der Waals surface area contributed by atoms with Crippen LogP contribution in [0.15, 0.2) is 24.3 Å². The summed E-state index contributed by atoms with van der Waals surface area (Å²) in [5.41, 5.74) is 1.11. The lowest BCUT2D eigenvalue weighted by Crippen LogP contribution is -2.43. The molecule has 1 heterocycles. The smallest absolute Gasteiger partial charge is 0.328 e. The zero-order valence-corrected chi connectivity index (χ0v) is 11.1. The zero-order chi connectivity index (χ0) is 14.5. The topological polar surface area (TPSA) is 82.4 Å². The van der Waals surface area contributed by atoms with Crippen molar-refractivity contribution in [3.05, 3.63) is 29.8 Å². The molecule has 0 aromatic heterocycles. The number of likely N-dealkylation sites (tertiary alicyclic amines) is 1. The molecular formula is C14H15N3O3. The van der Waals surface area contributed by atoms with Crippen molar-refractivity contribution in [1.29, 1.82) is 5.26 Å². The van der Waals surface area contributed by atoms with Crippen molar-refractivity contribution < 1.29 is 14.3 Å². The molecule has 6 heteroatoms. The molecule has 0 spiro atoms. The third-order valence-corrected chi connectivity index (χ3v) is 3.25. The molecular weight excluding hydrogens is 258 g/mol. The van der Waals surface area contributed by atoms with E-state index in [9.17, 15) is 9.59 Å². The Morgan fingerprint density at radius 2 is 2.10 bits per heavy atom. The van der Waals surface area contributed by atoms with Crippen molar-refractivity contribution >= 4 is 17.7 Å². The molecule has 1 aromatic carbocycles. The fraction of sp³-hybridized carbons (Fsp3) is 0.357. The monoisotopic (exact) mass is 273 g/mol. The predicted octanol–water partition coefficient (Wildman–Crippen LogP) is 1.73. The second kappa shape index (κ2) is 6.06. The van der Waals surface area contributed by atoms with Crippen LogP contribution in [0.4, 0.5) is 10.5 Å². The highest BCUT2D eigenvalue weighted by atomic mass is 16.5. The van der Waals surface area contributed by atoms with Gasteiger partial charge in [0.25, 0.3) is 0 Å². The summed E-state index contributed by atoms with van der Waals surface area (Å²) in [7, 11) is 1.32. The minimum absolute atomic E-state index is 0.331. The van der Waals surface area contributed by atoms with Crippen LogP contribution in [0.3, 0.4) is 0 Å². The number of benzene rings is 1. The molecule has 1 saturated heterocycles. The molecule has 0 saturated carbocycles. The molecule has 1 aromatic rings. The third kappa shape index (κ3) is 2.88. The lowest BCUT2D eigenvalue weighted by Gasteiger charge is -2.22. The maximum absolute atomic E-state index is 12.1. The normalized spacial score (nSPS) is 17.4. The molecule has 1 atom stereocenters. The van der Waals surface area contributed by atoms with Gasteiger partial charge in [-0.15, -0.1) is 0 Å². The molecule has 1 aliphatic rings. The number of hydrogen-bond acceptors (Lipinski definition) is 4. The highest BCUT2D eigenvalue weighted by Gasteiger charge is 2.34. The number of nitriles is 1. The van der Waals surface area contributed by atoms with E-state index in [-0.39, 0.29) is 6.03 Å². The Kier molecular flexibility index (Phi) is 4.20. The number of methoxy groups -OCH3 is 1. The average Bonchev–Trinajstić information content (AvgIpc) is 2.96. The van der Waals surface area contributed by atoms with E-state index in [4.69, 9.17) is 10.00 Å². The summed E-state index contributed by atoms with van der Waals surface area (Å²) in [6, 6.07) is 7.71. The van der Waals surface area contributed by atoms with E-state index in [2.05, 4.69) is 5.32 Å². The third-order valence-electron chi connectivity index (χ3n) is 3.25. The summed E-state index contributed by atoms with van der Waals surface area (Å²) in [5, 5.41) is 11.4. The van der Waals surface area contributed by atoms with Gasteiger partial charge in [-0.3, -0.25) is 0 Å². The van der Waals surface area contributed by atoms with Crippen molar-refractivity contribution in [1.82, 2.24) is 4.90 Å². The van der Waals surface area contributed by atoms with E-state index in [1.54, 1.807) is 24.3 Å². The van der Waals surface area contributed by atoms with Crippen LogP contribution in [0.25, 0.3) is 0 Å². The Hall–Kier alpha value is -2.55. The van der Waals surface area contributed by atoms with E-state index in [0.29, 0.717) is 24.2 Å². The zero-order valence-electron chi connectivity index (χ0n) is 11.1. The lowest BCUT2D eigenvalue weighted by atomic mass is 10.2. The van der Waals surface area contributed by atoms with E-state index >= 15 is 0 Å². The fourth-order valence-electron chi connectivity index (χ4n) is 2.21. The Bertz CT molecular complexity index is 548. The van der Waals surface area contributed by atoms with Crippen LogP contribution in [-0.4, -0.2) is 36.6 Å². The van der Waals surface area contributed by atoms with Gasteiger partial charge in [-0.25, -0.2) is 9.59 Å². The number of nitrogens with zero attached hydrogens (tertiary/aromatic N) is 2. The van der Waals surface area contributed by atoms with Crippen molar-refractivity contribution in [2.45, 2.75) is 18.9 Å². The van der Waals surface area contributed by atoms with Crippen LogP contribution >= 0.6 is 0 Å². The number of anilines is 1. The molecule has 1 N–H and O–H groups in total. The molecule has 20 heavy (non-hydrogen) atoms. The number of amides is 2. The molecule has 0 aliphatic carbocycles. The Labute approximate surface area is 116 Å². The van der Waals surface area contributed by atoms with E-state index < -0.39 is 12.0 Å². The summed E-state index contributed by atoms with van der Waals surface area (Å²) in [6.07, 6.45) is 1.40. The van der Waals surface area contributed by atoms with Crippen LogP contribution in [-0.2, 0) is 9.53 Å². The maximum Gasteiger partial charge on any atom is 0.328 e. The lowest BCUT2D eigenvalue weighted by molar-refractivity contribution is -0.144. The minimum atomic E-state index is -0.515. The van der Waals surface area contributed by atoms with Crippen LogP contribution in [0.2, 0.25) is 0 Å².